The minimum Gasteiger partial charge on any atom is -0.462 e. The molecule has 59 heavy (non-hydrogen) atoms. The normalized spacial score (nSPS) is 12.4. The molecule has 1 unspecified atom stereocenters. The molecule has 0 saturated heterocycles. The molecule has 0 N–H and O–H groups in total. The SMILES string of the molecule is CCCCCCCCCCCCCCCCCCCC(=O)O[C@@H](COC(=O)CCCCCCCCCCCC)COC(=O)CCCCCCCCCCCCC(C)CC. The van der Waals surface area contributed by atoms with E-state index in [4.69, 9.17) is 14.2 Å². The van der Waals surface area contributed by atoms with Gasteiger partial charge in [-0.2, -0.15) is 0 Å². The van der Waals surface area contributed by atoms with Crippen molar-refractivity contribution < 1.29 is 28.6 Å². The van der Waals surface area contributed by atoms with Crippen molar-refractivity contribution in [1.29, 1.82) is 0 Å². The first-order valence-corrected chi connectivity index (χ1v) is 26.4. The summed E-state index contributed by atoms with van der Waals surface area (Å²) in [7, 11) is 0. The van der Waals surface area contributed by atoms with Gasteiger partial charge in [0.2, 0.25) is 0 Å². The Labute approximate surface area is 368 Å². The highest BCUT2D eigenvalue weighted by Gasteiger charge is 2.19. The monoisotopic (exact) mass is 835 g/mol. The Hall–Kier alpha value is -1.59. The Morgan fingerprint density at radius 3 is 0.881 bits per heavy atom. The van der Waals surface area contributed by atoms with Crippen molar-refractivity contribution in [2.45, 2.75) is 303 Å². The Morgan fingerprint density at radius 2 is 0.593 bits per heavy atom. The molecule has 6 nitrogen and oxygen atoms in total. The van der Waals surface area contributed by atoms with Crippen LogP contribution in [0.4, 0.5) is 0 Å². The number of ether oxygens (including phenoxy) is 3. The van der Waals surface area contributed by atoms with Gasteiger partial charge in [0.15, 0.2) is 6.10 Å². The van der Waals surface area contributed by atoms with E-state index >= 15 is 0 Å². The number of carbonyl (C=O) groups excluding carboxylic acids is 3. The van der Waals surface area contributed by atoms with Gasteiger partial charge in [0, 0.05) is 19.3 Å². The summed E-state index contributed by atoms with van der Waals surface area (Å²) in [5.74, 6) is 0.0249. The maximum Gasteiger partial charge on any atom is 0.306 e. The second-order valence-electron chi connectivity index (χ2n) is 18.4. The number of rotatable bonds is 48. The van der Waals surface area contributed by atoms with Crippen LogP contribution in [0.25, 0.3) is 0 Å². The van der Waals surface area contributed by atoms with Crippen molar-refractivity contribution in [3.63, 3.8) is 0 Å². The summed E-state index contributed by atoms with van der Waals surface area (Å²) in [5, 5.41) is 0. The maximum atomic E-state index is 12.8. The van der Waals surface area contributed by atoms with Crippen LogP contribution in [0.2, 0.25) is 0 Å². The van der Waals surface area contributed by atoms with Gasteiger partial charge in [-0.3, -0.25) is 14.4 Å². The standard InChI is InChI=1S/C53H102O6/c1-5-8-10-12-14-16-18-19-20-21-22-23-24-30-34-38-42-46-53(56)59-50(47-57-51(54)44-40-36-32-28-17-15-13-11-9-6-2)48-58-52(55)45-41-37-33-29-26-25-27-31-35-39-43-49(4)7-3/h49-50H,5-48H2,1-4H3/t49?,50-/m0/s1. The Bertz CT molecular complexity index is 889. The molecule has 0 aliphatic heterocycles. The highest BCUT2D eigenvalue weighted by Crippen LogP contribution is 2.18. The fraction of sp³-hybridized carbons (Fsp3) is 0.943. The molecule has 2 atom stereocenters. The van der Waals surface area contributed by atoms with Gasteiger partial charge in [0.1, 0.15) is 13.2 Å². The van der Waals surface area contributed by atoms with E-state index in [0.717, 1.165) is 63.7 Å². The van der Waals surface area contributed by atoms with E-state index in [1.54, 1.807) is 0 Å². The van der Waals surface area contributed by atoms with Crippen LogP contribution < -0.4 is 0 Å². The molecule has 0 fully saturated rings. The maximum absolute atomic E-state index is 12.8. The third-order valence-electron chi connectivity index (χ3n) is 12.4. The molecule has 0 aliphatic rings. The van der Waals surface area contributed by atoms with Gasteiger partial charge < -0.3 is 14.2 Å². The smallest absolute Gasteiger partial charge is 0.306 e. The molecule has 0 aromatic carbocycles. The summed E-state index contributed by atoms with van der Waals surface area (Å²) in [6.45, 7) is 9.04. The number of hydrogen-bond donors (Lipinski definition) is 0. The molecule has 0 bridgehead atoms. The van der Waals surface area contributed by atoms with Crippen LogP contribution >= 0.6 is 0 Å². The summed E-state index contributed by atoms with van der Waals surface area (Å²) in [4.78, 5) is 37.9. The molecule has 0 aromatic rings. The van der Waals surface area contributed by atoms with Crippen molar-refractivity contribution in [3.8, 4) is 0 Å². The second kappa shape index (κ2) is 47.5. The third kappa shape index (κ3) is 45.8. The number of unbranched alkanes of at least 4 members (excludes halogenated alkanes) is 34. The van der Waals surface area contributed by atoms with E-state index in [-0.39, 0.29) is 31.1 Å². The third-order valence-corrected chi connectivity index (χ3v) is 12.4. The van der Waals surface area contributed by atoms with Gasteiger partial charge in [0.05, 0.1) is 0 Å². The molecule has 0 saturated carbocycles. The Kier molecular flexibility index (Phi) is 46.2. The van der Waals surface area contributed by atoms with Crippen LogP contribution in [0, 0.1) is 5.92 Å². The second-order valence-corrected chi connectivity index (χ2v) is 18.4. The molecule has 0 radical (unpaired) electrons. The predicted octanol–water partition coefficient (Wildman–Crippen LogP) is 17.1. The van der Waals surface area contributed by atoms with Crippen molar-refractivity contribution in [2.75, 3.05) is 13.2 Å². The number of carbonyl (C=O) groups is 3. The van der Waals surface area contributed by atoms with E-state index in [2.05, 4.69) is 27.7 Å². The first kappa shape index (κ1) is 57.4. The first-order valence-electron chi connectivity index (χ1n) is 26.4. The lowest BCUT2D eigenvalue weighted by molar-refractivity contribution is -0.167. The van der Waals surface area contributed by atoms with Gasteiger partial charge >= 0.3 is 17.9 Å². The van der Waals surface area contributed by atoms with Crippen LogP contribution in [0.5, 0.6) is 0 Å². The van der Waals surface area contributed by atoms with E-state index in [0.29, 0.717) is 19.3 Å². The highest BCUT2D eigenvalue weighted by molar-refractivity contribution is 5.71. The zero-order valence-corrected chi connectivity index (χ0v) is 40.2. The van der Waals surface area contributed by atoms with Gasteiger partial charge in [-0.25, -0.2) is 0 Å². The van der Waals surface area contributed by atoms with Crippen LogP contribution in [0.1, 0.15) is 297 Å². The average Bonchev–Trinajstić information content (AvgIpc) is 3.23. The quantitative estimate of drug-likeness (QED) is 0.0345. The average molecular weight is 835 g/mol. The molecule has 350 valence electrons. The van der Waals surface area contributed by atoms with Gasteiger partial charge in [-0.15, -0.1) is 0 Å². The fourth-order valence-corrected chi connectivity index (χ4v) is 8.01. The molecule has 6 heteroatoms. The summed E-state index contributed by atoms with van der Waals surface area (Å²) in [6.07, 6.45) is 49.4. The molecule has 0 aliphatic carbocycles. The van der Waals surface area contributed by atoms with Crippen molar-refractivity contribution in [3.05, 3.63) is 0 Å². The van der Waals surface area contributed by atoms with Crippen molar-refractivity contribution in [2.24, 2.45) is 5.92 Å². The summed E-state index contributed by atoms with van der Waals surface area (Å²) < 4.78 is 16.8. The Balaban J connectivity index is 4.28. The summed E-state index contributed by atoms with van der Waals surface area (Å²) in [5.41, 5.74) is 0. The lowest BCUT2D eigenvalue weighted by Crippen LogP contribution is -2.30. The van der Waals surface area contributed by atoms with Gasteiger partial charge in [0.25, 0.3) is 0 Å². The number of hydrogen-bond acceptors (Lipinski definition) is 6. The lowest BCUT2D eigenvalue weighted by Gasteiger charge is -2.18. The van der Waals surface area contributed by atoms with E-state index in [9.17, 15) is 14.4 Å². The Morgan fingerprint density at radius 1 is 0.339 bits per heavy atom. The minimum absolute atomic E-state index is 0.0630. The topological polar surface area (TPSA) is 78.9 Å². The zero-order chi connectivity index (χ0) is 43.1. The van der Waals surface area contributed by atoms with Gasteiger partial charge in [-0.05, 0) is 25.2 Å². The molecular formula is C53H102O6. The van der Waals surface area contributed by atoms with Crippen LogP contribution in [0.15, 0.2) is 0 Å². The van der Waals surface area contributed by atoms with Crippen LogP contribution in [-0.4, -0.2) is 37.2 Å². The largest absolute Gasteiger partial charge is 0.462 e. The molecule has 0 heterocycles. The summed E-state index contributed by atoms with van der Waals surface area (Å²) in [6, 6.07) is 0. The predicted molar refractivity (Wildman–Crippen MR) is 252 cm³/mol. The van der Waals surface area contributed by atoms with Gasteiger partial charge in [-0.1, -0.05) is 259 Å². The van der Waals surface area contributed by atoms with Crippen molar-refractivity contribution in [1.82, 2.24) is 0 Å². The lowest BCUT2D eigenvalue weighted by atomic mass is 9.99. The van der Waals surface area contributed by atoms with E-state index in [1.807, 2.05) is 0 Å². The first-order chi connectivity index (χ1) is 28.9. The summed E-state index contributed by atoms with van der Waals surface area (Å²) >= 11 is 0. The molecule has 0 aromatic heterocycles. The van der Waals surface area contributed by atoms with Crippen LogP contribution in [0.3, 0.4) is 0 Å². The van der Waals surface area contributed by atoms with E-state index < -0.39 is 6.10 Å². The number of esters is 3. The molecular weight excluding hydrogens is 733 g/mol. The molecule has 0 amide bonds. The van der Waals surface area contributed by atoms with Crippen molar-refractivity contribution >= 4 is 17.9 Å². The highest BCUT2D eigenvalue weighted by atomic mass is 16.6. The minimum atomic E-state index is -0.760. The van der Waals surface area contributed by atoms with Crippen LogP contribution in [-0.2, 0) is 28.6 Å². The fourth-order valence-electron chi connectivity index (χ4n) is 8.01. The molecule has 0 spiro atoms. The zero-order valence-electron chi connectivity index (χ0n) is 40.2. The van der Waals surface area contributed by atoms with E-state index in [1.165, 1.54) is 193 Å². The molecule has 0 rings (SSSR count).